The summed E-state index contributed by atoms with van der Waals surface area (Å²) in [7, 11) is 0. The van der Waals surface area contributed by atoms with Gasteiger partial charge in [-0.15, -0.1) is 0 Å². The van der Waals surface area contributed by atoms with Gasteiger partial charge in [0.2, 0.25) is 0 Å². The summed E-state index contributed by atoms with van der Waals surface area (Å²) < 4.78 is 0. The number of rotatable bonds is 1. The van der Waals surface area contributed by atoms with Crippen LogP contribution in [0.25, 0.3) is 10.9 Å². The number of nitrogens with one attached hydrogen (secondary N) is 2. The van der Waals surface area contributed by atoms with Crippen molar-refractivity contribution in [3.05, 3.63) is 47.7 Å². The van der Waals surface area contributed by atoms with Gasteiger partial charge in [-0.3, -0.25) is 0 Å². The molecule has 0 saturated heterocycles. The van der Waals surface area contributed by atoms with Crippen LogP contribution in [0.5, 0.6) is 0 Å². The number of para-hydroxylation sites is 1. The molecule has 0 spiro atoms. The predicted octanol–water partition coefficient (Wildman–Crippen LogP) is 5.46. The zero-order valence-corrected chi connectivity index (χ0v) is 17.5. The fraction of sp³-hybridized carbons (Fsp3) is 0.440. The summed E-state index contributed by atoms with van der Waals surface area (Å²) in [6, 6.07) is 14.5. The lowest BCUT2D eigenvalue weighted by molar-refractivity contribution is 0.168. The summed E-state index contributed by atoms with van der Waals surface area (Å²) in [6.07, 6.45) is 5.66. The van der Waals surface area contributed by atoms with E-state index < -0.39 is 17.3 Å². The van der Waals surface area contributed by atoms with E-state index in [0.717, 1.165) is 34.9 Å². The van der Waals surface area contributed by atoms with Crippen LogP contribution in [0, 0.1) is 68.0 Å². The lowest BCUT2D eigenvalue weighted by Crippen LogP contribution is -2.50. The number of H-pyrrole nitrogens is 1. The van der Waals surface area contributed by atoms with Gasteiger partial charge in [0.05, 0.1) is 23.9 Å². The Morgan fingerprint density at radius 2 is 1.83 bits per heavy atom. The molecule has 30 heavy (non-hydrogen) atoms. The minimum Gasteiger partial charge on any atom is -0.361 e. The third-order valence-electron chi connectivity index (χ3n) is 7.18. The van der Waals surface area contributed by atoms with E-state index in [1.807, 2.05) is 30.5 Å². The van der Waals surface area contributed by atoms with Gasteiger partial charge in [0.1, 0.15) is 5.92 Å². The molecular weight excluding hydrogens is 370 g/mol. The van der Waals surface area contributed by atoms with Crippen LogP contribution in [0.2, 0.25) is 0 Å². The van der Waals surface area contributed by atoms with E-state index in [2.05, 4.69) is 50.0 Å². The molecule has 4 atom stereocenters. The first-order valence-corrected chi connectivity index (χ1v) is 10.4. The van der Waals surface area contributed by atoms with Gasteiger partial charge >= 0.3 is 0 Å². The second-order valence-electron chi connectivity index (χ2n) is 9.62. The molecule has 1 heterocycles. The number of benzene rings is 1. The molecule has 2 N–H and O–H groups in total. The summed E-state index contributed by atoms with van der Waals surface area (Å²) >= 11 is 0. The van der Waals surface area contributed by atoms with E-state index in [1.165, 1.54) is 0 Å². The summed E-state index contributed by atoms with van der Waals surface area (Å²) in [5.41, 5.74) is 1.08. The lowest BCUT2D eigenvalue weighted by Gasteiger charge is -2.48. The molecule has 150 valence electrons. The molecule has 1 aromatic carbocycles. The molecule has 0 aliphatic heterocycles. The fourth-order valence-corrected chi connectivity index (χ4v) is 5.42. The highest BCUT2D eigenvalue weighted by Crippen LogP contribution is 2.58. The number of nitriles is 3. The van der Waals surface area contributed by atoms with E-state index in [4.69, 9.17) is 5.41 Å². The molecule has 1 fully saturated rings. The maximum atomic E-state index is 10.2. The van der Waals surface area contributed by atoms with Gasteiger partial charge in [0.15, 0.2) is 5.41 Å². The Morgan fingerprint density at radius 3 is 2.47 bits per heavy atom. The standard InChI is InChI=1S/C25H25N5/c1-24(2,3)15-8-9-16-18(10-15)22(20-12-30-21-7-5-4-6-17(20)21)25(13-27,14-28)23(29)19(16)11-26/h4-7,9,12,15,18-19,22,29-30H,8,10H2,1-3H3/t15-,18+,19?,22+/m0/s1. The summed E-state index contributed by atoms with van der Waals surface area (Å²) in [5.74, 6) is -1.05. The van der Waals surface area contributed by atoms with E-state index >= 15 is 0 Å². The Balaban J connectivity index is 1.99. The number of allylic oxidation sites excluding steroid dienone is 2. The predicted molar refractivity (Wildman–Crippen MR) is 115 cm³/mol. The van der Waals surface area contributed by atoms with Crippen molar-refractivity contribution in [2.75, 3.05) is 0 Å². The first kappa shape index (κ1) is 19.9. The van der Waals surface area contributed by atoms with Crippen molar-refractivity contribution in [3.8, 4) is 18.2 Å². The van der Waals surface area contributed by atoms with Gasteiger partial charge in [-0.25, -0.2) is 0 Å². The Hall–Kier alpha value is -3.36. The van der Waals surface area contributed by atoms with Crippen molar-refractivity contribution >= 4 is 16.6 Å². The fourth-order valence-electron chi connectivity index (χ4n) is 5.42. The van der Waals surface area contributed by atoms with Crippen LogP contribution in [-0.4, -0.2) is 10.7 Å². The molecule has 0 bridgehead atoms. The quantitative estimate of drug-likeness (QED) is 0.625. The largest absolute Gasteiger partial charge is 0.361 e. The molecule has 0 radical (unpaired) electrons. The van der Waals surface area contributed by atoms with Crippen molar-refractivity contribution in [2.45, 2.75) is 39.5 Å². The molecule has 2 aliphatic carbocycles. The first-order chi connectivity index (χ1) is 14.3. The van der Waals surface area contributed by atoms with Gasteiger partial charge in [-0.05, 0) is 47.3 Å². The van der Waals surface area contributed by atoms with Crippen molar-refractivity contribution in [3.63, 3.8) is 0 Å². The highest BCUT2D eigenvalue weighted by Gasteiger charge is 2.58. The maximum Gasteiger partial charge on any atom is 0.189 e. The van der Waals surface area contributed by atoms with E-state index in [1.54, 1.807) is 0 Å². The van der Waals surface area contributed by atoms with Crippen LogP contribution in [-0.2, 0) is 0 Å². The van der Waals surface area contributed by atoms with Crippen molar-refractivity contribution in [1.82, 2.24) is 4.98 Å². The topological polar surface area (TPSA) is 111 Å². The Labute approximate surface area is 177 Å². The minimum absolute atomic E-state index is 0.0713. The number of hydrogen-bond acceptors (Lipinski definition) is 4. The molecule has 5 nitrogen and oxygen atoms in total. The summed E-state index contributed by atoms with van der Waals surface area (Å²) in [4.78, 5) is 3.27. The molecule has 1 aromatic heterocycles. The Morgan fingerprint density at radius 1 is 1.13 bits per heavy atom. The Bertz CT molecular complexity index is 1160. The second-order valence-corrected chi connectivity index (χ2v) is 9.62. The van der Waals surface area contributed by atoms with Crippen molar-refractivity contribution in [2.24, 2.45) is 28.6 Å². The van der Waals surface area contributed by atoms with Crippen LogP contribution in [0.1, 0.15) is 45.1 Å². The third kappa shape index (κ3) is 2.68. The SMILES string of the molecule is CC(C)(C)[C@H]1CC=C2C(C#N)C(=N)C(C#N)(C#N)[C@@H](c3c[nH]c4ccccc34)[C@@H]2C1. The zero-order chi connectivity index (χ0) is 21.7. The lowest BCUT2D eigenvalue weighted by atomic mass is 9.51. The molecule has 1 saturated carbocycles. The number of hydrogen-bond donors (Lipinski definition) is 2. The maximum absolute atomic E-state index is 10.2. The summed E-state index contributed by atoms with van der Waals surface area (Å²) in [5, 5.41) is 40.1. The van der Waals surface area contributed by atoms with E-state index in [-0.39, 0.29) is 17.0 Å². The highest BCUT2D eigenvalue weighted by atomic mass is 14.7. The van der Waals surface area contributed by atoms with Crippen molar-refractivity contribution < 1.29 is 0 Å². The van der Waals surface area contributed by atoms with E-state index in [0.29, 0.717) is 5.92 Å². The van der Waals surface area contributed by atoms with Crippen LogP contribution in [0.4, 0.5) is 0 Å². The van der Waals surface area contributed by atoms with Gasteiger partial charge in [0, 0.05) is 23.0 Å². The number of fused-ring (bicyclic) bond motifs is 2. The highest BCUT2D eigenvalue weighted by molar-refractivity contribution is 6.01. The molecule has 4 rings (SSSR count). The average molecular weight is 396 g/mol. The molecule has 2 aliphatic rings. The van der Waals surface area contributed by atoms with Crippen LogP contribution in [0.3, 0.4) is 0 Å². The second kappa shape index (κ2) is 6.86. The normalized spacial score (nSPS) is 28.0. The van der Waals surface area contributed by atoms with Crippen molar-refractivity contribution in [1.29, 1.82) is 21.2 Å². The number of nitrogens with zero attached hydrogens (tertiary/aromatic N) is 3. The number of aromatic amines is 1. The monoisotopic (exact) mass is 395 g/mol. The third-order valence-corrected chi connectivity index (χ3v) is 7.18. The van der Waals surface area contributed by atoms with Gasteiger partial charge in [0.25, 0.3) is 0 Å². The molecule has 0 amide bonds. The van der Waals surface area contributed by atoms with Gasteiger partial charge in [-0.2, -0.15) is 15.8 Å². The first-order valence-electron chi connectivity index (χ1n) is 10.4. The molecular formula is C25H25N5. The number of aromatic nitrogens is 1. The molecule has 2 aromatic rings. The Kier molecular flexibility index (Phi) is 4.56. The minimum atomic E-state index is -1.66. The van der Waals surface area contributed by atoms with E-state index in [9.17, 15) is 15.8 Å². The summed E-state index contributed by atoms with van der Waals surface area (Å²) in [6.45, 7) is 6.64. The van der Waals surface area contributed by atoms with Crippen LogP contribution >= 0.6 is 0 Å². The van der Waals surface area contributed by atoms with Gasteiger partial charge in [-0.1, -0.05) is 45.0 Å². The smallest absolute Gasteiger partial charge is 0.189 e. The molecule has 1 unspecified atom stereocenters. The molecule has 5 heteroatoms. The van der Waals surface area contributed by atoms with Crippen LogP contribution in [0.15, 0.2) is 42.1 Å². The average Bonchev–Trinajstić information content (AvgIpc) is 3.15. The zero-order valence-electron chi connectivity index (χ0n) is 17.5. The van der Waals surface area contributed by atoms with Gasteiger partial charge < -0.3 is 10.4 Å². The van der Waals surface area contributed by atoms with Crippen LogP contribution < -0.4 is 0 Å².